The number of epoxide rings is 1. The Morgan fingerprint density at radius 2 is 1.32 bits per heavy atom. The van der Waals surface area contributed by atoms with Crippen LogP contribution in [-0.4, -0.2) is 67.9 Å². The number of hydrogen-bond donors (Lipinski definition) is 0. The number of amides is 1. The molecule has 41 heavy (non-hydrogen) atoms. The van der Waals surface area contributed by atoms with Gasteiger partial charge in [0.15, 0.2) is 0 Å². The SMILES string of the molecule is CC(C)(C)OC(=O)[C@H]1C[C@@H](CO[Si](c2ccccc2)(c2ccccc2)C(C)(C)C)[C@H](C2CO2)N1C(=O)OC(C)(C)C. The van der Waals surface area contributed by atoms with Gasteiger partial charge in [-0.1, -0.05) is 81.4 Å². The molecule has 0 aliphatic carbocycles. The summed E-state index contributed by atoms with van der Waals surface area (Å²) in [4.78, 5) is 28.8. The maximum Gasteiger partial charge on any atom is 0.411 e. The second-order valence-electron chi connectivity index (χ2n) is 14.3. The molecule has 0 bridgehead atoms. The van der Waals surface area contributed by atoms with Gasteiger partial charge in [0.05, 0.1) is 12.6 Å². The fourth-order valence-electron chi connectivity index (χ4n) is 6.01. The molecule has 7 nitrogen and oxygen atoms in total. The lowest BCUT2D eigenvalue weighted by atomic mass is 9.98. The third-order valence-electron chi connectivity index (χ3n) is 7.62. The summed E-state index contributed by atoms with van der Waals surface area (Å²) in [5, 5.41) is 2.17. The fourth-order valence-corrected chi connectivity index (χ4v) is 10.6. The summed E-state index contributed by atoms with van der Waals surface area (Å²) in [6, 6.07) is 19.8. The zero-order valence-corrected chi connectivity index (χ0v) is 27.1. The topological polar surface area (TPSA) is 77.6 Å². The Labute approximate surface area is 246 Å². The molecule has 2 fully saturated rings. The predicted molar refractivity (Wildman–Crippen MR) is 163 cm³/mol. The Kier molecular flexibility index (Phi) is 8.79. The summed E-state index contributed by atoms with van der Waals surface area (Å²) in [7, 11) is -2.83. The Hall–Kier alpha value is -2.68. The van der Waals surface area contributed by atoms with Crippen LogP contribution in [0.1, 0.15) is 68.7 Å². The molecule has 2 heterocycles. The standard InChI is InChI=1S/C33H47NO6Si/c1-31(2,3)39-29(35)26-20-23(28(27-22-37-27)34(26)30(36)40-32(4,5)6)21-38-41(33(7,8)9,24-16-12-10-13-17-24)25-18-14-11-15-19-25/h10-19,23,26-28H,20-22H2,1-9H3/t23-,26+,27?,28+/m0/s1. The van der Waals surface area contributed by atoms with Gasteiger partial charge in [0.25, 0.3) is 8.32 Å². The van der Waals surface area contributed by atoms with Gasteiger partial charge in [0, 0.05) is 12.5 Å². The molecule has 4 rings (SSSR count). The zero-order valence-electron chi connectivity index (χ0n) is 26.1. The van der Waals surface area contributed by atoms with Crippen LogP contribution in [0.3, 0.4) is 0 Å². The minimum Gasteiger partial charge on any atom is -0.458 e. The molecular formula is C33H47NO6Si. The van der Waals surface area contributed by atoms with Crippen molar-refractivity contribution >= 4 is 30.8 Å². The van der Waals surface area contributed by atoms with E-state index in [1.54, 1.807) is 4.90 Å². The Morgan fingerprint density at radius 1 is 0.829 bits per heavy atom. The number of carbonyl (C=O) groups is 2. The summed E-state index contributed by atoms with van der Waals surface area (Å²) in [6.45, 7) is 18.6. The summed E-state index contributed by atoms with van der Waals surface area (Å²) in [5.41, 5.74) is -1.40. The minimum absolute atomic E-state index is 0.144. The molecule has 0 saturated carbocycles. The van der Waals surface area contributed by atoms with Crippen LogP contribution in [0.2, 0.25) is 5.04 Å². The number of ether oxygens (including phenoxy) is 3. The molecule has 8 heteroatoms. The number of esters is 1. The number of nitrogens with zero attached hydrogens (tertiary/aromatic N) is 1. The first-order valence-electron chi connectivity index (χ1n) is 14.6. The Bertz CT molecular complexity index is 1150. The molecule has 0 N–H and O–H groups in total. The lowest BCUT2D eigenvalue weighted by molar-refractivity contribution is -0.160. The van der Waals surface area contributed by atoms with E-state index >= 15 is 0 Å². The number of rotatable bonds is 7. The van der Waals surface area contributed by atoms with E-state index in [-0.39, 0.29) is 23.1 Å². The number of benzene rings is 2. The van der Waals surface area contributed by atoms with Gasteiger partial charge >= 0.3 is 12.1 Å². The molecule has 1 amide bonds. The van der Waals surface area contributed by atoms with E-state index in [9.17, 15) is 9.59 Å². The number of hydrogen-bond acceptors (Lipinski definition) is 6. The largest absolute Gasteiger partial charge is 0.458 e. The normalized spacial score (nSPS) is 23.3. The van der Waals surface area contributed by atoms with Crippen molar-refractivity contribution in [3.63, 3.8) is 0 Å². The molecule has 2 aromatic rings. The molecule has 2 aliphatic heterocycles. The van der Waals surface area contributed by atoms with Crippen LogP contribution >= 0.6 is 0 Å². The molecule has 1 unspecified atom stereocenters. The van der Waals surface area contributed by atoms with Crippen molar-refractivity contribution in [1.82, 2.24) is 4.90 Å². The molecule has 2 aliphatic rings. The lowest BCUT2D eigenvalue weighted by Gasteiger charge is -2.44. The summed E-state index contributed by atoms with van der Waals surface area (Å²) >= 11 is 0. The first-order valence-corrected chi connectivity index (χ1v) is 16.5. The van der Waals surface area contributed by atoms with E-state index in [2.05, 4.69) is 69.3 Å². The van der Waals surface area contributed by atoms with Crippen molar-refractivity contribution in [1.29, 1.82) is 0 Å². The minimum atomic E-state index is -2.83. The third kappa shape index (κ3) is 7.04. The molecular weight excluding hydrogens is 534 g/mol. The van der Waals surface area contributed by atoms with E-state index in [0.29, 0.717) is 19.6 Å². The van der Waals surface area contributed by atoms with Gasteiger partial charge in [0.2, 0.25) is 0 Å². The highest BCUT2D eigenvalue weighted by atomic mass is 28.4. The van der Waals surface area contributed by atoms with Crippen molar-refractivity contribution in [2.45, 2.75) is 103 Å². The monoisotopic (exact) mass is 581 g/mol. The Morgan fingerprint density at radius 3 is 1.73 bits per heavy atom. The van der Waals surface area contributed by atoms with Crippen molar-refractivity contribution in [2.24, 2.45) is 5.92 Å². The summed E-state index contributed by atoms with van der Waals surface area (Å²) < 4.78 is 24.7. The molecule has 4 atom stereocenters. The van der Waals surface area contributed by atoms with Crippen LogP contribution in [0, 0.1) is 5.92 Å². The van der Waals surface area contributed by atoms with Gasteiger partial charge in [-0.3, -0.25) is 4.90 Å². The molecule has 0 radical (unpaired) electrons. The van der Waals surface area contributed by atoms with Crippen LogP contribution in [0.4, 0.5) is 4.79 Å². The first-order chi connectivity index (χ1) is 19.0. The second-order valence-corrected chi connectivity index (χ2v) is 18.6. The van der Waals surface area contributed by atoms with Crippen LogP contribution in [0.25, 0.3) is 0 Å². The molecule has 2 aromatic carbocycles. The number of likely N-dealkylation sites (tertiary alicyclic amines) is 1. The molecule has 0 aromatic heterocycles. The first kappa shape index (κ1) is 31.3. The van der Waals surface area contributed by atoms with Crippen molar-refractivity contribution in [3.8, 4) is 0 Å². The van der Waals surface area contributed by atoms with Crippen molar-refractivity contribution in [2.75, 3.05) is 13.2 Å². The number of carbonyl (C=O) groups excluding carboxylic acids is 2. The lowest BCUT2D eigenvalue weighted by Crippen LogP contribution is -2.67. The zero-order chi connectivity index (χ0) is 30.2. The maximum atomic E-state index is 13.6. The second kappa shape index (κ2) is 11.5. The average molecular weight is 582 g/mol. The highest BCUT2D eigenvalue weighted by molar-refractivity contribution is 6.99. The van der Waals surface area contributed by atoms with Gasteiger partial charge < -0.3 is 18.6 Å². The van der Waals surface area contributed by atoms with Gasteiger partial charge in [-0.05, 0) is 63.4 Å². The van der Waals surface area contributed by atoms with Crippen LogP contribution in [0.15, 0.2) is 60.7 Å². The Balaban J connectivity index is 1.74. The van der Waals surface area contributed by atoms with Crippen LogP contribution in [0.5, 0.6) is 0 Å². The maximum absolute atomic E-state index is 13.6. The van der Waals surface area contributed by atoms with Gasteiger partial charge in [0.1, 0.15) is 23.3 Å². The predicted octanol–water partition coefficient (Wildman–Crippen LogP) is 5.30. The van der Waals surface area contributed by atoms with Gasteiger partial charge in [-0.2, -0.15) is 0 Å². The average Bonchev–Trinajstić information content (AvgIpc) is 3.62. The van der Waals surface area contributed by atoms with Gasteiger partial charge in [-0.25, -0.2) is 9.59 Å². The van der Waals surface area contributed by atoms with E-state index in [4.69, 9.17) is 18.6 Å². The highest BCUT2D eigenvalue weighted by Gasteiger charge is 2.57. The smallest absolute Gasteiger partial charge is 0.411 e. The molecule has 0 spiro atoms. The van der Waals surface area contributed by atoms with E-state index in [0.717, 1.165) is 0 Å². The molecule has 224 valence electrons. The van der Waals surface area contributed by atoms with Crippen LogP contribution < -0.4 is 10.4 Å². The summed E-state index contributed by atoms with van der Waals surface area (Å²) in [6.07, 6.45) is -0.291. The fraction of sp³-hybridized carbons (Fsp3) is 0.576. The quantitative estimate of drug-likeness (QED) is 0.251. The summed E-state index contributed by atoms with van der Waals surface area (Å²) in [5.74, 6) is -0.573. The van der Waals surface area contributed by atoms with Crippen molar-refractivity contribution in [3.05, 3.63) is 60.7 Å². The van der Waals surface area contributed by atoms with Gasteiger partial charge in [-0.15, -0.1) is 0 Å². The van der Waals surface area contributed by atoms with Crippen molar-refractivity contribution < 1.29 is 28.2 Å². The highest BCUT2D eigenvalue weighted by Crippen LogP contribution is 2.42. The van der Waals surface area contributed by atoms with E-state index in [1.165, 1.54) is 10.4 Å². The van der Waals surface area contributed by atoms with E-state index in [1.807, 2.05) is 53.7 Å². The van der Waals surface area contributed by atoms with Crippen LogP contribution in [-0.2, 0) is 23.4 Å². The molecule has 2 saturated heterocycles. The van der Waals surface area contributed by atoms with E-state index < -0.39 is 37.6 Å². The third-order valence-corrected chi connectivity index (χ3v) is 12.6.